The molecule has 0 aliphatic heterocycles. The van der Waals surface area contributed by atoms with Gasteiger partial charge in [-0.2, -0.15) is 0 Å². The molecule has 3 heteroatoms. The molecule has 2 rings (SSSR count). The van der Waals surface area contributed by atoms with Crippen molar-refractivity contribution in [2.45, 2.75) is 26.0 Å². The summed E-state index contributed by atoms with van der Waals surface area (Å²) in [5, 5.41) is 9.38. The Morgan fingerprint density at radius 2 is 1.84 bits per heavy atom. The topological polar surface area (TPSA) is 55.5 Å². The molecule has 0 amide bonds. The Morgan fingerprint density at radius 3 is 2.58 bits per heavy atom. The average molecular weight is 257 g/mol. The van der Waals surface area contributed by atoms with Crippen molar-refractivity contribution in [1.29, 1.82) is 0 Å². The number of benzene rings is 2. The van der Waals surface area contributed by atoms with Crippen LogP contribution in [0.3, 0.4) is 0 Å². The SMILES string of the molecule is CC(N)Cc1cccc(OCc2cccc(O)c2)c1. The van der Waals surface area contributed by atoms with Crippen LogP contribution in [-0.2, 0) is 13.0 Å². The molecule has 2 aromatic carbocycles. The van der Waals surface area contributed by atoms with E-state index in [1.54, 1.807) is 18.2 Å². The molecule has 0 spiro atoms. The maximum absolute atomic E-state index is 9.38. The molecule has 2 aromatic rings. The summed E-state index contributed by atoms with van der Waals surface area (Å²) >= 11 is 0. The molecule has 100 valence electrons. The van der Waals surface area contributed by atoms with Gasteiger partial charge in [0.1, 0.15) is 18.1 Å². The third-order valence-corrected chi connectivity index (χ3v) is 2.77. The van der Waals surface area contributed by atoms with Crippen LogP contribution in [-0.4, -0.2) is 11.1 Å². The Bertz CT molecular complexity index is 538. The minimum atomic E-state index is 0.140. The van der Waals surface area contributed by atoms with E-state index in [1.807, 2.05) is 37.3 Å². The molecule has 1 unspecified atom stereocenters. The predicted molar refractivity (Wildman–Crippen MR) is 76.2 cm³/mol. The van der Waals surface area contributed by atoms with E-state index in [0.717, 1.165) is 17.7 Å². The molecule has 0 saturated heterocycles. The van der Waals surface area contributed by atoms with Crippen LogP contribution in [0.2, 0.25) is 0 Å². The molecular formula is C16H19NO2. The lowest BCUT2D eigenvalue weighted by atomic mass is 10.1. The van der Waals surface area contributed by atoms with E-state index in [1.165, 1.54) is 5.56 Å². The first-order valence-electron chi connectivity index (χ1n) is 6.39. The summed E-state index contributed by atoms with van der Waals surface area (Å²) in [6, 6.07) is 15.2. The van der Waals surface area contributed by atoms with Gasteiger partial charge in [-0.15, -0.1) is 0 Å². The summed E-state index contributed by atoms with van der Waals surface area (Å²) in [5.74, 6) is 1.08. The van der Waals surface area contributed by atoms with E-state index < -0.39 is 0 Å². The number of hydrogen-bond acceptors (Lipinski definition) is 3. The summed E-state index contributed by atoms with van der Waals surface area (Å²) in [6.07, 6.45) is 0.837. The number of rotatable bonds is 5. The van der Waals surface area contributed by atoms with Gasteiger partial charge < -0.3 is 15.6 Å². The second-order valence-corrected chi connectivity index (χ2v) is 4.79. The van der Waals surface area contributed by atoms with Crippen LogP contribution < -0.4 is 10.5 Å². The van der Waals surface area contributed by atoms with Gasteiger partial charge in [0, 0.05) is 6.04 Å². The number of nitrogens with two attached hydrogens (primary N) is 1. The largest absolute Gasteiger partial charge is 0.508 e. The molecule has 0 bridgehead atoms. The fourth-order valence-corrected chi connectivity index (χ4v) is 1.95. The molecule has 0 heterocycles. The number of hydrogen-bond donors (Lipinski definition) is 2. The van der Waals surface area contributed by atoms with Gasteiger partial charge in [0.05, 0.1) is 0 Å². The number of phenols is 1. The molecule has 3 N–H and O–H groups in total. The maximum Gasteiger partial charge on any atom is 0.120 e. The van der Waals surface area contributed by atoms with Gasteiger partial charge >= 0.3 is 0 Å². The Hall–Kier alpha value is -2.00. The van der Waals surface area contributed by atoms with Gasteiger partial charge in [0.2, 0.25) is 0 Å². The molecule has 0 radical (unpaired) electrons. The molecule has 1 atom stereocenters. The van der Waals surface area contributed by atoms with Crippen LogP contribution in [0.15, 0.2) is 48.5 Å². The fourth-order valence-electron chi connectivity index (χ4n) is 1.95. The standard InChI is InChI=1S/C16H19NO2/c1-12(17)8-13-4-3-7-16(10-13)19-11-14-5-2-6-15(18)9-14/h2-7,9-10,12,18H,8,11,17H2,1H3. The normalized spacial score (nSPS) is 12.1. The van der Waals surface area contributed by atoms with Crippen molar-refractivity contribution in [2.24, 2.45) is 5.73 Å². The van der Waals surface area contributed by atoms with Gasteiger partial charge in [0.15, 0.2) is 0 Å². The third kappa shape index (κ3) is 4.30. The highest BCUT2D eigenvalue weighted by molar-refractivity contribution is 5.30. The minimum absolute atomic E-state index is 0.140. The third-order valence-electron chi connectivity index (χ3n) is 2.77. The molecule has 0 aromatic heterocycles. The molecule has 0 saturated carbocycles. The van der Waals surface area contributed by atoms with E-state index >= 15 is 0 Å². The summed E-state index contributed by atoms with van der Waals surface area (Å²) in [6.45, 7) is 2.43. The summed E-state index contributed by atoms with van der Waals surface area (Å²) in [7, 11) is 0. The summed E-state index contributed by atoms with van der Waals surface area (Å²) < 4.78 is 5.72. The van der Waals surface area contributed by atoms with Crippen molar-refractivity contribution in [1.82, 2.24) is 0 Å². The summed E-state index contributed by atoms with van der Waals surface area (Å²) in [4.78, 5) is 0. The lowest BCUT2D eigenvalue weighted by molar-refractivity contribution is 0.305. The van der Waals surface area contributed by atoms with Gasteiger partial charge in [0.25, 0.3) is 0 Å². The second-order valence-electron chi connectivity index (χ2n) is 4.79. The van der Waals surface area contributed by atoms with Crippen molar-refractivity contribution in [3.8, 4) is 11.5 Å². The Balaban J connectivity index is 1.99. The van der Waals surface area contributed by atoms with E-state index in [9.17, 15) is 5.11 Å². The minimum Gasteiger partial charge on any atom is -0.508 e. The van der Waals surface area contributed by atoms with E-state index in [4.69, 9.17) is 10.5 Å². The van der Waals surface area contributed by atoms with Gasteiger partial charge in [-0.25, -0.2) is 0 Å². The van der Waals surface area contributed by atoms with Crippen LogP contribution in [0.1, 0.15) is 18.1 Å². The summed E-state index contributed by atoms with van der Waals surface area (Å²) in [5.41, 5.74) is 7.90. The van der Waals surface area contributed by atoms with Crippen LogP contribution in [0.4, 0.5) is 0 Å². The number of aromatic hydroxyl groups is 1. The highest BCUT2D eigenvalue weighted by Gasteiger charge is 2.01. The lowest BCUT2D eigenvalue weighted by Crippen LogP contribution is -2.17. The first-order valence-corrected chi connectivity index (χ1v) is 6.39. The zero-order chi connectivity index (χ0) is 13.7. The zero-order valence-electron chi connectivity index (χ0n) is 11.0. The molecule has 0 aliphatic carbocycles. The highest BCUT2D eigenvalue weighted by Crippen LogP contribution is 2.17. The van der Waals surface area contributed by atoms with E-state index in [2.05, 4.69) is 0 Å². The Labute approximate surface area is 113 Å². The van der Waals surface area contributed by atoms with Gasteiger partial charge in [-0.3, -0.25) is 0 Å². The zero-order valence-corrected chi connectivity index (χ0v) is 11.0. The van der Waals surface area contributed by atoms with Crippen LogP contribution in [0.25, 0.3) is 0 Å². The van der Waals surface area contributed by atoms with E-state index in [0.29, 0.717) is 6.61 Å². The van der Waals surface area contributed by atoms with Crippen molar-refractivity contribution in [2.75, 3.05) is 0 Å². The Kier molecular flexibility index (Phi) is 4.42. The van der Waals surface area contributed by atoms with Crippen molar-refractivity contribution in [3.05, 3.63) is 59.7 Å². The maximum atomic E-state index is 9.38. The first-order chi connectivity index (χ1) is 9.13. The van der Waals surface area contributed by atoms with Crippen molar-refractivity contribution >= 4 is 0 Å². The lowest BCUT2D eigenvalue weighted by Gasteiger charge is -2.09. The first kappa shape index (κ1) is 13.4. The second kappa shape index (κ2) is 6.25. The van der Waals surface area contributed by atoms with Gasteiger partial charge in [-0.05, 0) is 48.7 Å². The van der Waals surface area contributed by atoms with Crippen molar-refractivity contribution < 1.29 is 9.84 Å². The van der Waals surface area contributed by atoms with Crippen molar-refractivity contribution in [3.63, 3.8) is 0 Å². The monoisotopic (exact) mass is 257 g/mol. The smallest absolute Gasteiger partial charge is 0.120 e. The molecule has 0 aliphatic rings. The predicted octanol–water partition coefficient (Wildman–Crippen LogP) is 2.86. The quantitative estimate of drug-likeness (QED) is 0.866. The fraction of sp³-hybridized carbons (Fsp3) is 0.250. The molecule has 0 fully saturated rings. The molecule has 3 nitrogen and oxygen atoms in total. The molecular weight excluding hydrogens is 238 g/mol. The average Bonchev–Trinajstić information content (AvgIpc) is 2.36. The number of ether oxygens (including phenoxy) is 1. The van der Waals surface area contributed by atoms with E-state index in [-0.39, 0.29) is 11.8 Å². The number of phenolic OH excluding ortho intramolecular Hbond substituents is 1. The van der Waals surface area contributed by atoms with Crippen LogP contribution in [0, 0.1) is 0 Å². The Morgan fingerprint density at radius 1 is 1.11 bits per heavy atom. The van der Waals surface area contributed by atoms with Crippen LogP contribution >= 0.6 is 0 Å². The van der Waals surface area contributed by atoms with Gasteiger partial charge in [-0.1, -0.05) is 24.3 Å². The highest BCUT2D eigenvalue weighted by atomic mass is 16.5. The molecule has 19 heavy (non-hydrogen) atoms. The van der Waals surface area contributed by atoms with Crippen LogP contribution in [0.5, 0.6) is 11.5 Å².